The van der Waals surface area contributed by atoms with E-state index in [1.165, 1.54) is 0 Å². The highest BCUT2D eigenvalue weighted by Gasteiger charge is 2.40. The van der Waals surface area contributed by atoms with Gasteiger partial charge in [-0.15, -0.1) is 5.10 Å². The van der Waals surface area contributed by atoms with Crippen molar-refractivity contribution in [2.45, 2.75) is 13.5 Å². The second-order valence-electron chi connectivity index (χ2n) is 4.63. The van der Waals surface area contributed by atoms with Crippen molar-refractivity contribution in [1.82, 2.24) is 24.9 Å². The minimum Gasteiger partial charge on any atom is -0.379 e. The Balaban J connectivity index is 1.67. The van der Waals surface area contributed by atoms with E-state index in [-0.39, 0.29) is 5.91 Å². The Labute approximate surface area is 103 Å². The number of hydrogen-bond acceptors (Lipinski definition) is 5. The molecule has 1 saturated heterocycles. The van der Waals surface area contributed by atoms with Crippen molar-refractivity contribution in [3.8, 4) is 0 Å². The molecule has 0 spiro atoms. The molecule has 0 unspecified atom stereocenters. The van der Waals surface area contributed by atoms with Gasteiger partial charge in [-0.05, 0) is 13.0 Å². The first-order valence-corrected chi connectivity index (χ1v) is 5.70. The lowest BCUT2D eigenvalue weighted by molar-refractivity contribution is -0.157. The maximum Gasteiger partial charge on any atom is 0.252 e. The Morgan fingerprint density at radius 1 is 1.61 bits per heavy atom. The van der Waals surface area contributed by atoms with Crippen molar-refractivity contribution in [2.24, 2.45) is 5.41 Å². The lowest BCUT2D eigenvalue weighted by Gasteiger charge is -2.36. The monoisotopic (exact) mass is 247 g/mol. The number of amides is 1. The van der Waals surface area contributed by atoms with Crippen LogP contribution in [0.3, 0.4) is 0 Å². The maximum absolute atomic E-state index is 11.9. The lowest BCUT2D eigenvalue weighted by Crippen LogP contribution is -2.51. The normalized spacial score (nSPS) is 17.4. The van der Waals surface area contributed by atoms with Crippen LogP contribution in [0, 0.1) is 5.41 Å². The summed E-state index contributed by atoms with van der Waals surface area (Å²) in [6, 6.07) is 1.77. The summed E-state index contributed by atoms with van der Waals surface area (Å²) in [5.74, 6) is 1.05. The summed E-state index contributed by atoms with van der Waals surface area (Å²) in [5.41, 5.74) is -0.405. The third-order valence-electron chi connectivity index (χ3n) is 2.96. The second-order valence-corrected chi connectivity index (χ2v) is 4.63. The molecule has 3 rings (SSSR count). The van der Waals surface area contributed by atoms with E-state index in [0.29, 0.717) is 31.4 Å². The molecule has 0 bridgehead atoms. The van der Waals surface area contributed by atoms with E-state index < -0.39 is 5.41 Å². The predicted molar refractivity (Wildman–Crippen MR) is 61.6 cm³/mol. The third kappa shape index (κ3) is 1.82. The summed E-state index contributed by atoms with van der Waals surface area (Å²) in [7, 11) is 0. The van der Waals surface area contributed by atoms with Crippen LogP contribution in [0.4, 0.5) is 0 Å². The number of hydrogen-bond donors (Lipinski definition) is 1. The van der Waals surface area contributed by atoms with Gasteiger partial charge in [0.25, 0.3) is 5.78 Å². The van der Waals surface area contributed by atoms with Crippen LogP contribution in [0.25, 0.3) is 5.78 Å². The van der Waals surface area contributed by atoms with Gasteiger partial charge in [0.05, 0.1) is 25.2 Å². The Morgan fingerprint density at radius 3 is 3.11 bits per heavy atom. The van der Waals surface area contributed by atoms with Crippen molar-refractivity contribution in [2.75, 3.05) is 13.2 Å². The summed E-state index contributed by atoms with van der Waals surface area (Å²) >= 11 is 0. The summed E-state index contributed by atoms with van der Waals surface area (Å²) in [5, 5.41) is 7.02. The molecular formula is C11H13N5O2. The van der Waals surface area contributed by atoms with Crippen LogP contribution in [-0.4, -0.2) is 38.7 Å². The van der Waals surface area contributed by atoms with Gasteiger partial charge in [-0.2, -0.15) is 4.98 Å². The molecular weight excluding hydrogens is 234 g/mol. The number of ether oxygens (including phenoxy) is 1. The SMILES string of the molecule is CC1(C(=O)NCc2nc3ncccn3n2)COC1. The third-order valence-corrected chi connectivity index (χ3v) is 2.96. The summed E-state index contributed by atoms with van der Waals surface area (Å²) < 4.78 is 6.63. The molecule has 1 amide bonds. The van der Waals surface area contributed by atoms with Crippen LogP contribution in [-0.2, 0) is 16.1 Å². The van der Waals surface area contributed by atoms with Crippen LogP contribution in [0.1, 0.15) is 12.7 Å². The Bertz CT molecular complexity index is 557. The van der Waals surface area contributed by atoms with Gasteiger partial charge in [-0.25, -0.2) is 9.50 Å². The van der Waals surface area contributed by atoms with Gasteiger partial charge in [0.15, 0.2) is 5.82 Å². The minimum absolute atomic E-state index is 0.0273. The van der Waals surface area contributed by atoms with E-state index in [2.05, 4.69) is 20.4 Å². The number of nitrogens with zero attached hydrogens (tertiary/aromatic N) is 4. The molecule has 1 fully saturated rings. The van der Waals surface area contributed by atoms with Gasteiger partial charge < -0.3 is 10.1 Å². The van der Waals surface area contributed by atoms with Crippen molar-refractivity contribution in [1.29, 1.82) is 0 Å². The van der Waals surface area contributed by atoms with Crippen LogP contribution in [0.15, 0.2) is 18.5 Å². The van der Waals surface area contributed by atoms with Crippen molar-refractivity contribution < 1.29 is 9.53 Å². The van der Waals surface area contributed by atoms with Crippen LogP contribution in [0.5, 0.6) is 0 Å². The van der Waals surface area contributed by atoms with Crippen molar-refractivity contribution in [3.63, 3.8) is 0 Å². The van der Waals surface area contributed by atoms with E-state index in [0.717, 1.165) is 0 Å². The highest BCUT2D eigenvalue weighted by molar-refractivity contribution is 5.83. The fraction of sp³-hybridized carbons (Fsp3) is 0.455. The smallest absolute Gasteiger partial charge is 0.252 e. The van der Waals surface area contributed by atoms with Gasteiger partial charge in [0, 0.05) is 12.4 Å². The molecule has 0 saturated carbocycles. The molecule has 94 valence electrons. The number of carbonyl (C=O) groups is 1. The molecule has 1 aliphatic rings. The first kappa shape index (κ1) is 11.1. The molecule has 0 radical (unpaired) electrons. The van der Waals surface area contributed by atoms with Gasteiger partial charge in [0.2, 0.25) is 5.91 Å². The summed E-state index contributed by atoms with van der Waals surface area (Å²) in [6.45, 7) is 3.13. The quantitative estimate of drug-likeness (QED) is 0.810. The van der Waals surface area contributed by atoms with E-state index in [9.17, 15) is 4.79 Å². The Morgan fingerprint density at radius 2 is 2.44 bits per heavy atom. The van der Waals surface area contributed by atoms with Crippen molar-refractivity contribution in [3.05, 3.63) is 24.3 Å². The van der Waals surface area contributed by atoms with Crippen LogP contribution >= 0.6 is 0 Å². The molecule has 18 heavy (non-hydrogen) atoms. The lowest BCUT2D eigenvalue weighted by atomic mass is 9.88. The van der Waals surface area contributed by atoms with Gasteiger partial charge in [0.1, 0.15) is 0 Å². The topological polar surface area (TPSA) is 81.4 Å². The minimum atomic E-state index is -0.405. The molecule has 1 N–H and O–H groups in total. The van der Waals surface area contributed by atoms with E-state index in [1.54, 1.807) is 23.0 Å². The standard InChI is InChI=1S/C11H13N5O2/c1-11(6-18-7-11)9(17)13-5-8-14-10-12-3-2-4-16(10)15-8/h2-4H,5-7H2,1H3,(H,13,17). The largest absolute Gasteiger partial charge is 0.379 e. The average molecular weight is 247 g/mol. The predicted octanol–water partition coefficient (Wildman–Crippen LogP) is -0.223. The zero-order chi connectivity index (χ0) is 12.6. The summed E-state index contributed by atoms with van der Waals surface area (Å²) in [4.78, 5) is 20.1. The number of rotatable bonds is 3. The molecule has 2 aromatic heterocycles. The molecule has 7 nitrogen and oxygen atoms in total. The molecule has 1 aliphatic heterocycles. The maximum atomic E-state index is 11.9. The first-order valence-electron chi connectivity index (χ1n) is 5.70. The average Bonchev–Trinajstić information content (AvgIpc) is 2.75. The van der Waals surface area contributed by atoms with Gasteiger partial charge in [-0.3, -0.25) is 4.79 Å². The zero-order valence-corrected chi connectivity index (χ0v) is 9.96. The number of nitrogens with one attached hydrogen (secondary N) is 1. The Kier molecular flexibility index (Phi) is 2.48. The highest BCUT2D eigenvalue weighted by Crippen LogP contribution is 2.26. The molecule has 0 aliphatic carbocycles. The van der Waals surface area contributed by atoms with E-state index in [4.69, 9.17) is 4.74 Å². The number of fused-ring (bicyclic) bond motifs is 1. The van der Waals surface area contributed by atoms with E-state index in [1.807, 2.05) is 6.92 Å². The zero-order valence-electron chi connectivity index (χ0n) is 9.96. The van der Waals surface area contributed by atoms with Crippen molar-refractivity contribution >= 4 is 11.7 Å². The number of aromatic nitrogens is 4. The summed E-state index contributed by atoms with van der Waals surface area (Å²) in [6.07, 6.45) is 3.42. The molecule has 2 aromatic rings. The molecule has 7 heteroatoms. The second kappa shape index (κ2) is 4.02. The van der Waals surface area contributed by atoms with E-state index >= 15 is 0 Å². The number of carbonyl (C=O) groups excluding carboxylic acids is 1. The fourth-order valence-electron chi connectivity index (χ4n) is 1.76. The molecule has 0 aromatic carbocycles. The Hall–Kier alpha value is -2.02. The van der Waals surface area contributed by atoms with Crippen LogP contribution < -0.4 is 5.32 Å². The molecule has 3 heterocycles. The first-order chi connectivity index (χ1) is 8.67. The van der Waals surface area contributed by atoms with Gasteiger partial charge >= 0.3 is 0 Å². The fourth-order valence-corrected chi connectivity index (χ4v) is 1.76. The highest BCUT2D eigenvalue weighted by atomic mass is 16.5. The van der Waals surface area contributed by atoms with Gasteiger partial charge in [-0.1, -0.05) is 0 Å². The van der Waals surface area contributed by atoms with Crippen LogP contribution in [0.2, 0.25) is 0 Å². The molecule has 0 atom stereocenters.